The van der Waals surface area contributed by atoms with Gasteiger partial charge in [-0.15, -0.1) is 0 Å². The number of benzene rings is 9. The van der Waals surface area contributed by atoms with Crippen molar-refractivity contribution in [3.63, 3.8) is 0 Å². The number of hydrogen-bond acceptors (Lipinski definition) is 2. The third-order valence-corrected chi connectivity index (χ3v) is 9.78. The molecule has 48 heavy (non-hydrogen) atoms. The SMILES string of the molecule is c1ccc(-c2ccc(N(c3ccc4cc5c(cc4c3)oc3ccccc35)c3cc4ccc5ccccc5c4c4ccccc34)cc2)cc1. The van der Waals surface area contributed by atoms with Gasteiger partial charge in [-0.2, -0.15) is 0 Å². The largest absolute Gasteiger partial charge is 0.456 e. The van der Waals surface area contributed by atoms with Crippen LogP contribution in [0.25, 0.3) is 76.2 Å². The molecule has 2 nitrogen and oxygen atoms in total. The lowest BCUT2D eigenvalue weighted by atomic mass is 9.94. The fourth-order valence-corrected chi connectivity index (χ4v) is 7.50. The molecule has 0 aliphatic heterocycles. The lowest BCUT2D eigenvalue weighted by Crippen LogP contribution is -2.10. The van der Waals surface area contributed by atoms with Gasteiger partial charge in [0.2, 0.25) is 0 Å². The van der Waals surface area contributed by atoms with Crippen molar-refractivity contribution in [1.29, 1.82) is 0 Å². The maximum absolute atomic E-state index is 6.31. The van der Waals surface area contributed by atoms with E-state index in [-0.39, 0.29) is 0 Å². The van der Waals surface area contributed by atoms with E-state index in [0.717, 1.165) is 44.4 Å². The van der Waals surface area contributed by atoms with E-state index >= 15 is 0 Å². The molecule has 0 fully saturated rings. The first-order valence-corrected chi connectivity index (χ1v) is 16.4. The number of anilines is 3. The lowest BCUT2D eigenvalue weighted by Gasteiger charge is -2.28. The summed E-state index contributed by atoms with van der Waals surface area (Å²) in [5.74, 6) is 0. The van der Waals surface area contributed by atoms with E-state index in [0.29, 0.717) is 0 Å². The van der Waals surface area contributed by atoms with Crippen LogP contribution in [0, 0.1) is 0 Å². The van der Waals surface area contributed by atoms with E-state index < -0.39 is 0 Å². The fourth-order valence-electron chi connectivity index (χ4n) is 7.50. The van der Waals surface area contributed by atoms with Crippen molar-refractivity contribution in [3.05, 3.63) is 176 Å². The van der Waals surface area contributed by atoms with Crippen LogP contribution in [0.4, 0.5) is 17.1 Å². The molecule has 1 heterocycles. The van der Waals surface area contributed by atoms with Crippen LogP contribution in [0.2, 0.25) is 0 Å². The fraction of sp³-hybridized carbons (Fsp3) is 0. The highest BCUT2D eigenvalue weighted by Crippen LogP contribution is 2.45. The van der Waals surface area contributed by atoms with Gasteiger partial charge in [-0.05, 0) is 97.4 Å². The molecule has 0 unspecified atom stereocenters. The van der Waals surface area contributed by atoms with Crippen LogP contribution in [0.3, 0.4) is 0 Å². The van der Waals surface area contributed by atoms with Crippen molar-refractivity contribution < 1.29 is 4.42 Å². The second kappa shape index (κ2) is 10.6. The van der Waals surface area contributed by atoms with Crippen molar-refractivity contribution in [1.82, 2.24) is 0 Å². The lowest BCUT2D eigenvalue weighted by molar-refractivity contribution is 0.669. The maximum Gasteiger partial charge on any atom is 0.136 e. The van der Waals surface area contributed by atoms with Crippen LogP contribution >= 0.6 is 0 Å². The molecule has 10 rings (SSSR count). The molecule has 0 aliphatic carbocycles. The normalized spacial score (nSPS) is 11.8. The number of fused-ring (bicyclic) bond motifs is 9. The number of para-hydroxylation sites is 1. The minimum absolute atomic E-state index is 0.905. The highest BCUT2D eigenvalue weighted by atomic mass is 16.3. The zero-order chi connectivity index (χ0) is 31.6. The molecule has 0 spiro atoms. The standard InChI is InChI=1S/C46H29NO/c1-2-10-30(11-3-1)31-20-23-36(24-21-31)47(37-25-22-33-27-42-40-15-8-9-17-44(40)48-45(42)29-35(33)26-37)43-28-34-19-18-32-12-4-5-13-38(32)46(34)41-16-7-6-14-39(41)43/h1-29H. The second-order valence-corrected chi connectivity index (χ2v) is 12.6. The summed E-state index contributed by atoms with van der Waals surface area (Å²) in [5, 5.41) is 12.1. The molecule has 224 valence electrons. The van der Waals surface area contributed by atoms with E-state index in [1.807, 2.05) is 12.1 Å². The van der Waals surface area contributed by atoms with Gasteiger partial charge in [0.15, 0.2) is 0 Å². The van der Waals surface area contributed by atoms with Gasteiger partial charge in [0, 0.05) is 27.5 Å². The van der Waals surface area contributed by atoms with Gasteiger partial charge >= 0.3 is 0 Å². The Balaban J connectivity index is 1.23. The third kappa shape index (κ3) is 4.20. The third-order valence-electron chi connectivity index (χ3n) is 9.78. The minimum Gasteiger partial charge on any atom is -0.456 e. The Bertz CT molecular complexity index is 2830. The Hall–Kier alpha value is -6.38. The van der Waals surface area contributed by atoms with E-state index in [2.05, 4.69) is 169 Å². The first-order chi connectivity index (χ1) is 23.8. The maximum atomic E-state index is 6.31. The van der Waals surface area contributed by atoms with Gasteiger partial charge in [0.1, 0.15) is 11.2 Å². The Morgan fingerprint density at radius 2 is 0.979 bits per heavy atom. The van der Waals surface area contributed by atoms with Crippen LogP contribution in [0.1, 0.15) is 0 Å². The van der Waals surface area contributed by atoms with Crippen molar-refractivity contribution in [2.75, 3.05) is 4.90 Å². The molecule has 0 amide bonds. The van der Waals surface area contributed by atoms with E-state index in [1.54, 1.807) is 0 Å². The summed E-state index contributed by atoms with van der Waals surface area (Å²) >= 11 is 0. The highest BCUT2D eigenvalue weighted by molar-refractivity contribution is 6.23. The molecule has 0 aliphatic rings. The zero-order valence-electron chi connectivity index (χ0n) is 26.1. The minimum atomic E-state index is 0.905. The first kappa shape index (κ1) is 26.8. The number of furan rings is 1. The van der Waals surface area contributed by atoms with Crippen molar-refractivity contribution >= 4 is 82.1 Å². The number of rotatable bonds is 4. The van der Waals surface area contributed by atoms with Crippen LogP contribution in [0.5, 0.6) is 0 Å². The topological polar surface area (TPSA) is 16.4 Å². The smallest absolute Gasteiger partial charge is 0.136 e. The number of hydrogen-bond donors (Lipinski definition) is 0. The molecule has 0 radical (unpaired) electrons. The summed E-state index contributed by atoms with van der Waals surface area (Å²) < 4.78 is 6.31. The molecule has 2 heteroatoms. The molecular formula is C46H29NO. The Morgan fingerprint density at radius 3 is 1.83 bits per heavy atom. The summed E-state index contributed by atoms with van der Waals surface area (Å²) in [5.41, 5.74) is 7.56. The van der Waals surface area contributed by atoms with Crippen molar-refractivity contribution in [2.45, 2.75) is 0 Å². The van der Waals surface area contributed by atoms with Crippen LogP contribution in [0.15, 0.2) is 180 Å². The van der Waals surface area contributed by atoms with Gasteiger partial charge in [-0.3, -0.25) is 0 Å². The summed E-state index contributed by atoms with van der Waals surface area (Å²) in [6.45, 7) is 0. The molecule has 0 atom stereocenters. The summed E-state index contributed by atoms with van der Waals surface area (Å²) in [7, 11) is 0. The van der Waals surface area contributed by atoms with E-state index in [1.165, 1.54) is 48.8 Å². The molecule has 1 aromatic heterocycles. The second-order valence-electron chi connectivity index (χ2n) is 12.6. The van der Waals surface area contributed by atoms with Crippen LogP contribution < -0.4 is 4.90 Å². The molecule has 9 aromatic carbocycles. The van der Waals surface area contributed by atoms with Gasteiger partial charge < -0.3 is 9.32 Å². The van der Waals surface area contributed by atoms with Gasteiger partial charge in [0.25, 0.3) is 0 Å². The molecule has 0 saturated heterocycles. The average Bonchev–Trinajstić information content (AvgIpc) is 3.51. The average molecular weight is 612 g/mol. The number of nitrogens with zero attached hydrogens (tertiary/aromatic N) is 1. The zero-order valence-corrected chi connectivity index (χ0v) is 26.1. The van der Waals surface area contributed by atoms with Gasteiger partial charge in [-0.1, -0.05) is 127 Å². The molecule has 0 saturated carbocycles. The molecule has 0 bridgehead atoms. The summed E-state index contributed by atoms with van der Waals surface area (Å²) in [6, 6.07) is 63.4. The van der Waals surface area contributed by atoms with E-state index in [9.17, 15) is 0 Å². The van der Waals surface area contributed by atoms with Gasteiger partial charge in [-0.25, -0.2) is 0 Å². The predicted molar refractivity (Wildman–Crippen MR) is 204 cm³/mol. The van der Waals surface area contributed by atoms with Gasteiger partial charge in [0.05, 0.1) is 5.69 Å². The first-order valence-electron chi connectivity index (χ1n) is 16.4. The van der Waals surface area contributed by atoms with Crippen molar-refractivity contribution in [2.24, 2.45) is 0 Å². The summed E-state index contributed by atoms with van der Waals surface area (Å²) in [4.78, 5) is 2.41. The van der Waals surface area contributed by atoms with Crippen molar-refractivity contribution in [3.8, 4) is 11.1 Å². The predicted octanol–water partition coefficient (Wildman–Crippen LogP) is 13.3. The molecule has 0 N–H and O–H groups in total. The molecule has 10 aromatic rings. The van der Waals surface area contributed by atoms with Crippen LogP contribution in [-0.4, -0.2) is 0 Å². The molecular weight excluding hydrogens is 583 g/mol. The highest BCUT2D eigenvalue weighted by Gasteiger charge is 2.19. The Morgan fingerprint density at radius 1 is 0.333 bits per heavy atom. The summed E-state index contributed by atoms with van der Waals surface area (Å²) in [6.07, 6.45) is 0. The quantitative estimate of drug-likeness (QED) is 0.184. The Kier molecular flexibility index (Phi) is 5.91. The Labute approximate surface area is 277 Å². The monoisotopic (exact) mass is 611 g/mol. The van der Waals surface area contributed by atoms with Crippen LogP contribution in [-0.2, 0) is 0 Å². The van der Waals surface area contributed by atoms with E-state index in [4.69, 9.17) is 4.42 Å².